The molecule has 0 saturated carbocycles. The SMILES string of the molecule is CC1(C(=O)O)C=CC=C(C(=O)O)C1.CCC1CNCCO1. The summed E-state index contributed by atoms with van der Waals surface area (Å²) in [6, 6.07) is 0. The normalized spacial score (nSPS) is 28.1. The zero-order valence-electron chi connectivity index (χ0n) is 12.5. The number of allylic oxidation sites excluding steroid dienone is 2. The molecule has 6 heteroatoms. The molecular formula is C15H23NO5. The van der Waals surface area contributed by atoms with Gasteiger partial charge in [-0.2, -0.15) is 0 Å². The van der Waals surface area contributed by atoms with Gasteiger partial charge in [0.2, 0.25) is 0 Å². The van der Waals surface area contributed by atoms with Crippen LogP contribution in [0.4, 0.5) is 0 Å². The van der Waals surface area contributed by atoms with Gasteiger partial charge < -0.3 is 20.3 Å². The first kappa shape index (κ1) is 17.4. The van der Waals surface area contributed by atoms with E-state index in [-0.39, 0.29) is 12.0 Å². The van der Waals surface area contributed by atoms with Crippen molar-refractivity contribution in [3.63, 3.8) is 0 Å². The van der Waals surface area contributed by atoms with Gasteiger partial charge in [0.25, 0.3) is 0 Å². The summed E-state index contributed by atoms with van der Waals surface area (Å²) in [6.45, 7) is 6.60. The maximum Gasteiger partial charge on any atom is 0.331 e. The number of carbonyl (C=O) groups is 2. The summed E-state index contributed by atoms with van der Waals surface area (Å²) in [6.07, 6.45) is 6.04. The van der Waals surface area contributed by atoms with Crippen molar-refractivity contribution in [2.45, 2.75) is 32.8 Å². The minimum absolute atomic E-state index is 0.0359. The fourth-order valence-electron chi connectivity index (χ4n) is 2.07. The number of morpholine rings is 1. The monoisotopic (exact) mass is 297 g/mol. The lowest BCUT2D eigenvalue weighted by Crippen LogP contribution is -2.37. The highest BCUT2D eigenvalue weighted by Gasteiger charge is 2.34. The van der Waals surface area contributed by atoms with Crippen LogP contribution in [0.15, 0.2) is 23.8 Å². The number of hydrogen-bond donors (Lipinski definition) is 3. The lowest BCUT2D eigenvalue weighted by atomic mass is 9.80. The van der Waals surface area contributed by atoms with Crippen LogP contribution >= 0.6 is 0 Å². The first-order valence-electron chi connectivity index (χ1n) is 7.06. The molecule has 2 atom stereocenters. The summed E-state index contributed by atoms with van der Waals surface area (Å²) < 4.78 is 5.36. The van der Waals surface area contributed by atoms with Crippen molar-refractivity contribution in [1.29, 1.82) is 0 Å². The summed E-state index contributed by atoms with van der Waals surface area (Å²) in [7, 11) is 0. The maximum atomic E-state index is 10.8. The molecule has 1 fully saturated rings. The van der Waals surface area contributed by atoms with Crippen LogP contribution in [0.3, 0.4) is 0 Å². The van der Waals surface area contributed by atoms with E-state index in [0.717, 1.165) is 26.1 Å². The molecule has 1 aliphatic heterocycles. The molecule has 6 nitrogen and oxygen atoms in total. The second-order valence-corrected chi connectivity index (χ2v) is 5.36. The Morgan fingerprint density at radius 2 is 2.19 bits per heavy atom. The van der Waals surface area contributed by atoms with E-state index in [1.807, 2.05) is 0 Å². The van der Waals surface area contributed by atoms with Gasteiger partial charge in [0, 0.05) is 18.7 Å². The van der Waals surface area contributed by atoms with E-state index >= 15 is 0 Å². The standard InChI is InChI=1S/C9H10O4.C6H13NO/c1-9(8(12)13)4-2-3-6(5-9)7(10)11;1-2-6-5-7-3-4-8-6/h2-4H,5H2,1H3,(H,10,11)(H,12,13);6-7H,2-5H2,1H3. The molecular weight excluding hydrogens is 274 g/mol. The van der Waals surface area contributed by atoms with E-state index in [1.165, 1.54) is 25.2 Å². The van der Waals surface area contributed by atoms with Gasteiger partial charge in [0.1, 0.15) is 0 Å². The van der Waals surface area contributed by atoms with Gasteiger partial charge in [-0.15, -0.1) is 0 Å². The molecule has 1 heterocycles. The molecule has 1 aliphatic carbocycles. The topological polar surface area (TPSA) is 95.9 Å². The first-order chi connectivity index (χ1) is 9.89. The summed E-state index contributed by atoms with van der Waals surface area (Å²) in [5.74, 6) is -2.06. The van der Waals surface area contributed by atoms with Gasteiger partial charge in [-0.05, 0) is 19.8 Å². The molecule has 0 aromatic rings. The minimum Gasteiger partial charge on any atom is -0.481 e. The largest absolute Gasteiger partial charge is 0.481 e. The number of ether oxygens (including phenoxy) is 1. The van der Waals surface area contributed by atoms with Crippen LogP contribution < -0.4 is 5.32 Å². The van der Waals surface area contributed by atoms with E-state index < -0.39 is 17.4 Å². The van der Waals surface area contributed by atoms with Crippen molar-refractivity contribution in [3.8, 4) is 0 Å². The number of carboxylic acids is 2. The Morgan fingerprint density at radius 3 is 2.62 bits per heavy atom. The van der Waals surface area contributed by atoms with Crippen LogP contribution in [-0.2, 0) is 14.3 Å². The van der Waals surface area contributed by atoms with Crippen LogP contribution in [0.5, 0.6) is 0 Å². The van der Waals surface area contributed by atoms with Gasteiger partial charge in [0.15, 0.2) is 0 Å². The molecule has 0 radical (unpaired) electrons. The van der Waals surface area contributed by atoms with Crippen molar-refractivity contribution >= 4 is 11.9 Å². The van der Waals surface area contributed by atoms with E-state index in [4.69, 9.17) is 14.9 Å². The smallest absolute Gasteiger partial charge is 0.331 e. The molecule has 118 valence electrons. The number of aliphatic carboxylic acids is 2. The Morgan fingerprint density at radius 1 is 1.48 bits per heavy atom. The molecule has 2 aliphatic rings. The zero-order valence-corrected chi connectivity index (χ0v) is 12.5. The molecule has 0 aromatic carbocycles. The summed E-state index contributed by atoms with van der Waals surface area (Å²) >= 11 is 0. The van der Waals surface area contributed by atoms with E-state index in [9.17, 15) is 9.59 Å². The van der Waals surface area contributed by atoms with Crippen LogP contribution in [0.2, 0.25) is 0 Å². The lowest BCUT2D eigenvalue weighted by molar-refractivity contribution is -0.145. The fourth-order valence-corrected chi connectivity index (χ4v) is 2.07. The summed E-state index contributed by atoms with van der Waals surface area (Å²) in [4.78, 5) is 21.3. The van der Waals surface area contributed by atoms with Gasteiger partial charge in [-0.1, -0.05) is 25.2 Å². The summed E-state index contributed by atoms with van der Waals surface area (Å²) in [5.41, 5.74) is -0.949. The molecule has 2 unspecified atom stereocenters. The van der Waals surface area contributed by atoms with Crippen molar-refractivity contribution in [1.82, 2.24) is 5.32 Å². The molecule has 1 saturated heterocycles. The van der Waals surface area contributed by atoms with Crippen LogP contribution in [-0.4, -0.2) is 48.0 Å². The molecule has 3 N–H and O–H groups in total. The molecule has 0 amide bonds. The highest BCUT2D eigenvalue weighted by atomic mass is 16.5. The maximum absolute atomic E-state index is 10.8. The Kier molecular flexibility index (Phi) is 6.58. The fraction of sp³-hybridized carbons (Fsp3) is 0.600. The van der Waals surface area contributed by atoms with Crippen LogP contribution in [0.25, 0.3) is 0 Å². The number of hydrogen-bond acceptors (Lipinski definition) is 4. The molecule has 0 aromatic heterocycles. The van der Waals surface area contributed by atoms with Crippen molar-refractivity contribution < 1.29 is 24.5 Å². The number of rotatable bonds is 3. The van der Waals surface area contributed by atoms with Crippen molar-refractivity contribution in [2.75, 3.05) is 19.7 Å². The van der Waals surface area contributed by atoms with E-state index in [2.05, 4.69) is 12.2 Å². The van der Waals surface area contributed by atoms with Gasteiger partial charge in [-0.25, -0.2) is 4.79 Å². The Balaban J connectivity index is 0.000000235. The number of carboxylic acid groups (broad SMARTS) is 2. The molecule has 0 spiro atoms. The van der Waals surface area contributed by atoms with Crippen LogP contribution in [0.1, 0.15) is 26.7 Å². The Labute approximate surface area is 124 Å². The highest BCUT2D eigenvalue weighted by Crippen LogP contribution is 2.31. The summed E-state index contributed by atoms with van der Waals surface area (Å²) in [5, 5.41) is 20.7. The second kappa shape index (κ2) is 7.95. The average molecular weight is 297 g/mol. The lowest BCUT2D eigenvalue weighted by Gasteiger charge is -2.23. The number of nitrogens with one attached hydrogen (secondary N) is 1. The third kappa shape index (κ3) is 5.32. The first-order valence-corrected chi connectivity index (χ1v) is 7.06. The second-order valence-electron chi connectivity index (χ2n) is 5.36. The average Bonchev–Trinajstić information content (AvgIpc) is 2.48. The third-order valence-electron chi connectivity index (χ3n) is 3.54. The van der Waals surface area contributed by atoms with Gasteiger partial charge in [0.05, 0.1) is 18.1 Å². The van der Waals surface area contributed by atoms with Gasteiger partial charge >= 0.3 is 11.9 Å². The third-order valence-corrected chi connectivity index (χ3v) is 3.54. The minimum atomic E-state index is -1.08. The van der Waals surface area contributed by atoms with Crippen molar-refractivity contribution in [3.05, 3.63) is 23.8 Å². The van der Waals surface area contributed by atoms with E-state index in [0.29, 0.717) is 6.10 Å². The van der Waals surface area contributed by atoms with Crippen LogP contribution in [0, 0.1) is 5.41 Å². The van der Waals surface area contributed by atoms with E-state index in [1.54, 1.807) is 0 Å². The Hall–Kier alpha value is -1.66. The zero-order chi connectivity index (χ0) is 15.9. The quantitative estimate of drug-likeness (QED) is 0.729. The molecule has 2 rings (SSSR count). The highest BCUT2D eigenvalue weighted by molar-refractivity contribution is 5.90. The Bertz CT molecular complexity index is 437. The predicted octanol–water partition coefficient (Wildman–Crippen LogP) is 1.43. The predicted molar refractivity (Wildman–Crippen MR) is 78.1 cm³/mol. The van der Waals surface area contributed by atoms with Crippen molar-refractivity contribution in [2.24, 2.45) is 5.41 Å². The molecule has 0 bridgehead atoms. The molecule has 21 heavy (non-hydrogen) atoms. The van der Waals surface area contributed by atoms with Gasteiger partial charge in [-0.3, -0.25) is 4.79 Å².